The molecule has 0 aliphatic heterocycles. The predicted molar refractivity (Wildman–Crippen MR) is 124 cm³/mol. The fourth-order valence-electron chi connectivity index (χ4n) is 3.68. The second-order valence-corrected chi connectivity index (χ2v) is 8.47. The third-order valence-electron chi connectivity index (χ3n) is 5.38. The number of hydrogen-bond acceptors (Lipinski definition) is 8. The summed E-state index contributed by atoms with van der Waals surface area (Å²) in [6.45, 7) is -0.373. The zero-order chi connectivity index (χ0) is 22.0. The van der Waals surface area contributed by atoms with Gasteiger partial charge in [0, 0.05) is 28.5 Å². The molecular weight excluding hydrogens is 462 g/mol. The lowest BCUT2D eigenvalue weighted by Crippen LogP contribution is -2.26. The van der Waals surface area contributed by atoms with Crippen LogP contribution in [0.25, 0.3) is 10.9 Å². The molecule has 0 amide bonds. The molecule has 31 heavy (non-hydrogen) atoms. The van der Waals surface area contributed by atoms with Crippen LogP contribution in [0.1, 0.15) is 31.2 Å². The van der Waals surface area contributed by atoms with E-state index < -0.39 is 0 Å². The summed E-state index contributed by atoms with van der Waals surface area (Å²) in [6, 6.07) is 8.96. The van der Waals surface area contributed by atoms with Gasteiger partial charge >= 0.3 is 0 Å². The highest BCUT2D eigenvalue weighted by Crippen LogP contribution is 2.36. The minimum absolute atomic E-state index is 0.0332. The zero-order valence-corrected chi connectivity index (χ0v) is 18.4. The number of rotatable bonds is 6. The normalized spacial score (nSPS) is 18.7. The molecule has 1 fully saturated rings. The van der Waals surface area contributed by atoms with Crippen molar-refractivity contribution in [2.45, 2.75) is 37.9 Å². The summed E-state index contributed by atoms with van der Waals surface area (Å²) in [6.07, 6.45) is 4.59. The lowest BCUT2D eigenvalue weighted by Gasteiger charge is -2.27. The Bertz CT molecular complexity index is 1120. The van der Waals surface area contributed by atoms with Crippen LogP contribution >= 0.6 is 15.9 Å². The van der Waals surface area contributed by atoms with Crippen molar-refractivity contribution in [2.75, 3.05) is 17.7 Å². The fraction of sp³-hybridized carbons (Fsp3) is 0.318. The Morgan fingerprint density at radius 3 is 2.71 bits per heavy atom. The van der Waals surface area contributed by atoms with Gasteiger partial charge in [0.15, 0.2) is 5.75 Å². The van der Waals surface area contributed by atoms with Crippen molar-refractivity contribution in [3.8, 4) is 5.75 Å². The summed E-state index contributed by atoms with van der Waals surface area (Å²) in [5, 5.41) is 30.6. The highest BCUT2D eigenvalue weighted by molar-refractivity contribution is 9.10. The smallest absolute Gasteiger partial charge is 0.227 e. The summed E-state index contributed by atoms with van der Waals surface area (Å²) in [5.41, 5.74) is 8.32. The van der Waals surface area contributed by atoms with Gasteiger partial charge in [-0.15, -0.1) is 0 Å². The van der Waals surface area contributed by atoms with Crippen molar-refractivity contribution in [3.05, 3.63) is 46.6 Å². The van der Waals surface area contributed by atoms with Crippen LogP contribution in [0.4, 0.5) is 17.3 Å². The maximum absolute atomic E-state index is 9.75. The third-order valence-corrected chi connectivity index (χ3v) is 6.00. The molecule has 1 heterocycles. The van der Waals surface area contributed by atoms with Crippen LogP contribution < -0.4 is 15.8 Å². The molecule has 0 unspecified atom stereocenters. The molecule has 1 aliphatic carbocycles. The average Bonchev–Trinajstić information content (AvgIpc) is 2.77. The number of aliphatic hydroxyl groups excluding tert-OH is 2. The number of aliphatic hydroxyl groups is 2. The van der Waals surface area contributed by atoms with Gasteiger partial charge in [0.1, 0.15) is 5.52 Å². The standard InChI is InChI=1S/C22H24BrN5O3/c23-17-8-1-12-10-26-22(27-13-2-7-16(18(24)9-13)19(25)11-29)28-20(12)21(17)31-15-5-3-14(30)4-6-15/h1-2,7-10,14-15,25,29-30H,3-6,11,24H2,(H,26,27,28). The van der Waals surface area contributed by atoms with E-state index in [-0.39, 0.29) is 24.5 Å². The summed E-state index contributed by atoms with van der Waals surface area (Å²) in [5.74, 6) is 1.05. The number of benzene rings is 2. The Hall–Kier alpha value is -2.75. The number of halogens is 1. The first-order valence-electron chi connectivity index (χ1n) is 10.1. The van der Waals surface area contributed by atoms with Gasteiger partial charge in [0.25, 0.3) is 0 Å². The summed E-state index contributed by atoms with van der Waals surface area (Å²) < 4.78 is 7.10. The van der Waals surface area contributed by atoms with E-state index in [9.17, 15) is 5.11 Å². The lowest BCUT2D eigenvalue weighted by atomic mass is 9.95. The van der Waals surface area contributed by atoms with Gasteiger partial charge in [-0.2, -0.15) is 0 Å². The number of fused-ring (bicyclic) bond motifs is 1. The van der Waals surface area contributed by atoms with Crippen molar-refractivity contribution < 1.29 is 14.9 Å². The van der Waals surface area contributed by atoms with Crippen molar-refractivity contribution in [1.82, 2.24) is 9.97 Å². The first kappa shape index (κ1) is 21.5. The number of anilines is 3. The Balaban J connectivity index is 1.61. The molecule has 0 saturated heterocycles. The molecule has 9 heteroatoms. The summed E-state index contributed by atoms with van der Waals surface area (Å²) in [7, 11) is 0. The molecule has 1 aliphatic rings. The highest BCUT2D eigenvalue weighted by atomic mass is 79.9. The van der Waals surface area contributed by atoms with Crippen LogP contribution in [0.2, 0.25) is 0 Å². The third kappa shape index (κ3) is 4.79. The number of hydrogen-bond donors (Lipinski definition) is 5. The number of nitrogens with two attached hydrogens (primary N) is 1. The van der Waals surface area contributed by atoms with E-state index in [1.165, 1.54) is 0 Å². The maximum atomic E-state index is 9.75. The first-order valence-corrected chi connectivity index (χ1v) is 10.9. The largest absolute Gasteiger partial charge is 0.487 e. The SMILES string of the molecule is N=C(CO)c1ccc(Nc2ncc3ccc(Br)c(OC4CCC(O)CC4)c3n2)cc1N. The quantitative estimate of drug-likeness (QED) is 0.264. The monoisotopic (exact) mass is 485 g/mol. The van der Waals surface area contributed by atoms with Crippen LogP contribution in [0.5, 0.6) is 5.75 Å². The van der Waals surface area contributed by atoms with Gasteiger partial charge in [0.2, 0.25) is 5.95 Å². The Morgan fingerprint density at radius 2 is 2.00 bits per heavy atom. The Kier molecular flexibility index (Phi) is 6.35. The summed E-state index contributed by atoms with van der Waals surface area (Å²) in [4.78, 5) is 9.05. The van der Waals surface area contributed by atoms with Crippen molar-refractivity contribution in [1.29, 1.82) is 5.41 Å². The molecule has 1 saturated carbocycles. The van der Waals surface area contributed by atoms with E-state index in [2.05, 4.69) is 31.2 Å². The van der Waals surface area contributed by atoms with Crippen molar-refractivity contribution >= 4 is 49.9 Å². The minimum atomic E-state index is -0.373. The average molecular weight is 486 g/mol. The molecule has 0 spiro atoms. The molecule has 3 aromatic rings. The van der Waals surface area contributed by atoms with Gasteiger partial charge in [-0.25, -0.2) is 9.97 Å². The first-order chi connectivity index (χ1) is 14.9. The topological polar surface area (TPSA) is 137 Å². The molecule has 1 aromatic heterocycles. The summed E-state index contributed by atoms with van der Waals surface area (Å²) >= 11 is 3.57. The van der Waals surface area contributed by atoms with E-state index in [1.54, 1.807) is 24.4 Å². The van der Waals surface area contributed by atoms with Gasteiger partial charge in [-0.3, -0.25) is 0 Å². The van der Waals surface area contributed by atoms with Gasteiger partial charge in [0.05, 0.1) is 29.0 Å². The number of nitrogens with zero attached hydrogens (tertiary/aromatic N) is 2. The van der Waals surface area contributed by atoms with E-state index >= 15 is 0 Å². The Morgan fingerprint density at radius 1 is 1.23 bits per heavy atom. The predicted octanol–water partition coefficient (Wildman–Crippen LogP) is 3.76. The second kappa shape index (κ2) is 9.17. The second-order valence-electron chi connectivity index (χ2n) is 7.62. The van der Waals surface area contributed by atoms with Gasteiger partial charge in [-0.1, -0.05) is 0 Å². The lowest BCUT2D eigenvalue weighted by molar-refractivity contribution is 0.0669. The van der Waals surface area contributed by atoms with E-state index in [4.69, 9.17) is 21.0 Å². The van der Waals surface area contributed by atoms with Gasteiger partial charge in [-0.05, 0) is 71.9 Å². The molecule has 0 bridgehead atoms. The maximum Gasteiger partial charge on any atom is 0.227 e. The number of aromatic nitrogens is 2. The number of ether oxygens (including phenoxy) is 1. The highest BCUT2D eigenvalue weighted by Gasteiger charge is 2.23. The van der Waals surface area contributed by atoms with Gasteiger partial charge < -0.3 is 31.4 Å². The molecule has 8 nitrogen and oxygen atoms in total. The molecule has 4 rings (SSSR count). The number of nitrogens with one attached hydrogen (secondary N) is 2. The molecule has 2 aromatic carbocycles. The van der Waals surface area contributed by atoms with E-state index in [0.29, 0.717) is 34.2 Å². The molecule has 6 N–H and O–H groups in total. The zero-order valence-electron chi connectivity index (χ0n) is 16.8. The van der Waals surface area contributed by atoms with Crippen LogP contribution in [0.15, 0.2) is 41.0 Å². The van der Waals surface area contributed by atoms with Crippen molar-refractivity contribution in [2.24, 2.45) is 0 Å². The van der Waals surface area contributed by atoms with Crippen LogP contribution in [0.3, 0.4) is 0 Å². The van der Waals surface area contributed by atoms with Crippen LogP contribution in [-0.4, -0.2) is 44.7 Å². The molecular formula is C22H24BrN5O3. The van der Waals surface area contributed by atoms with Crippen LogP contribution in [0, 0.1) is 5.41 Å². The molecule has 0 atom stereocenters. The van der Waals surface area contributed by atoms with Crippen LogP contribution in [-0.2, 0) is 0 Å². The van der Waals surface area contributed by atoms with E-state index in [0.717, 1.165) is 35.5 Å². The van der Waals surface area contributed by atoms with E-state index in [1.807, 2.05) is 12.1 Å². The molecule has 162 valence electrons. The fourth-order valence-corrected chi connectivity index (χ4v) is 4.09. The van der Waals surface area contributed by atoms with Crippen molar-refractivity contribution in [3.63, 3.8) is 0 Å². The molecule has 0 radical (unpaired) electrons. The number of nitrogen functional groups attached to an aromatic ring is 1. The minimum Gasteiger partial charge on any atom is -0.487 e. The Labute approximate surface area is 188 Å².